The van der Waals surface area contributed by atoms with Gasteiger partial charge in [-0.05, 0) is 69.7 Å². The topological polar surface area (TPSA) is 87.0 Å². The average molecular weight is 389 g/mol. The van der Waals surface area contributed by atoms with E-state index in [2.05, 4.69) is 15.3 Å². The molecular formula is C23H23N3O3. The minimum absolute atomic E-state index is 0.113. The molecule has 2 heterocycles. The number of hydrogen-bond donors (Lipinski definition) is 3. The summed E-state index contributed by atoms with van der Waals surface area (Å²) in [6.07, 6.45) is -0.517. The number of amides is 1. The molecule has 3 N–H and O–H groups in total. The number of aromatic amines is 2. The van der Waals surface area contributed by atoms with Crippen LogP contribution in [-0.2, 0) is 4.74 Å². The lowest BCUT2D eigenvalue weighted by molar-refractivity contribution is 0.0636. The van der Waals surface area contributed by atoms with Crippen LogP contribution in [0.25, 0.3) is 21.8 Å². The minimum Gasteiger partial charge on any atom is -0.444 e. The van der Waals surface area contributed by atoms with Crippen molar-refractivity contribution in [3.05, 3.63) is 65.5 Å². The standard InChI is InChI=1S/C23H23N3O3/c1-13-6-5-7-18-16(13)12-20(26-18)21(27)19-11-14-10-15(8-9-17(14)25-19)24-22(28)29-23(2,3)4/h5-12,25-26H,1-4H3,(H,24,28). The predicted octanol–water partition coefficient (Wildman–Crippen LogP) is 5.54. The highest BCUT2D eigenvalue weighted by Crippen LogP contribution is 2.24. The van der Waals surface area contributed by atoms with E-state index < -0.39 is 11.7 Å². The second kappa shape index (κ2) is 6.81. The van der Waals surface area contributed by atoms with Crippen LogP contribution >= 0.6 is 0 Å². The van der Waals surface area contributed by atoms with Gasteiger partial charge >= 0.3 is 6.09 Å². The van der Waals surface area contributed by atoms with Crippen molar-refractivity contribution in [3.63, 3.8) is 0 Å². The number of fused-ring (bicyclic) bond motifs is 2. The second-order valence-electron chi connectivity index (χ2n) is 8.16. The van der Waals surface area contributed by atoms with Crippen LogP contribution in [0.2, 0.25) is 0 Å². The van der Waals surface area contributed by atoms with Crippen LogP contribution in [-0.4, -0.2) is 27.4 Å². The van der Waals surface area contributed by atoms with Crippen LogP contribution in [0.15, 0.2) is 48.5 Å². The Morgan fingerprint density at radius 1 is 0.931 bits per heavy atom. The Kier molecular flexibility index (Phi) is 4.42. The summed E-state index contributed by atoms with van der Waals surface area (Å²) < 4.78 is 5.28. The number of rotatable bonds is 3. The van der Waals surface area contributed by atoms with Crippen molar-refractivity contribution in [2.24, 2.45) is 0 Å². The summed E-state index contributed by atoms with van der Waals surface area (Å²) >= 11 is 0. The van der Waals surface area contributed by atoms with Crippen LogP contribution in [0.5, 0.6) is 0 Å². The van der Waals surface area contributed by atoms with Crippen LogP contribution in [0.3, 0.4) is 0 Å². The van der Waals surface area contributed by atoms with E-state index in [1.807, 2.05) is 64.1 Å². The van der Waals surface area contributed by atoms with Gasteiger partial charge in [-0.15, -0.1) is 0 Å². The molecule has 29 heavy (non-hydrogen) atoms. The van der Waals surface area contributed by atoms with Gasteiger partial charge < -0.3 is 14.7 Å². The summed E-state index contributed by atoms with van der Waals surface area (Å²) in [5.74, 6) is -0.113. The third-order valence-electron chi connectivity index (χ3n) is 4.64. The first-order valence-electron chi connectivity index (χ1n) is 9.45. The smallest absolute Gasteiger partial charge is 0.412 e. The third-order valence-corrected chi connectivity index (χ3v) is 4.64. The molecule has 148 valence electrons. The fourth-order valence-electron chi connectivity index (χ4n) is 3.33. The maximum Gasteiger partial charge on any atom is 0.412 e. The van der Waals surface area contributed by atoms with Gasteiger partial charge in [0.05, 0.1) is 11.4 Å². The van der Waals surface area contributed by atoms with Crippen molar-refractivity contribution in [1.29, 1.82) is 0 Å². The molecular weight excluding hydrogens is 366 g/mol. The molecule has 2 aromatic carbocycles. The van der Waals surface area contributed by atoms with Crippen molar-refractivity contribution < 1.29 is 14.3 Å². The summed E-state index contributed by atoms with van der Waals surface area (Å²) in [5.41, 5.74) is 3.92. The summed E-state index contributed by atoms with van der Waals surface area (Å²) in [6.45, 7) is 7.45. The van der Waals surface area contributed by atoms with Gasteiger partial charge in [-0.2, -0.15) is 0 Å². The zero-order chi connectivity index (χ0) is 20.8. The number of ether oxygens (including phenoxy) is 1. The molecule has 1 amide bonds. The molecule has 0 spiro atoms. The van der Waals surface area contributed by atoms with E-state index in [1.54, 1.807) is 12.1 Å². The molecule has 4 rings (SSSR count). The van der Waals surface area contributed by atoms with Gasteiger partial charge in [0.25, 0.3) is 0 Å². The Bertz CT molecular complexity index is 1240. The number of anilines is 1. The summed E-state index contributed by atoms with van der Waals surface area (Å²) in [5, 5.41) is 4.58. The Morgan fingerprint density at radius 3 is 2.38 bits per heavy atom. The molecule has 0 aliphatic carbocycles. The lowest BCUT2D eigenvalue weighted by atomic mass is 10.1. The Balaban J connectivity index is 1.60. The Labute approximate surface area is 168 Å². The van der Waals surface area contributed by atoms with Gasteiger partial charge in [-0.3, -0.25) is 10.1 Å². The molecule has 0 fully saturated rings. The van der Waals surface area contributed by atoms with E-state index >= 15 is 0 Å². The van der Waals surface area contributed by atoms with Gasteiger partial charge in [-0.1, -0.05) is 12.1 Å². The van der Waals surface area contributed by atoms with Crippen molar-refractivity contribution in [3.8, 4) is 0 Å². The van der Waals surface area contributed by atoms with Gasteiger partial charge in [0.2, 0.25) is 5.78 Å². The highest BCUT2D eigenvalue weighted by atomic mass is 16.6. The number of benzene rings is 2. The first-order valence-corrected chi connectivity index (χ1v) is 9.45. The molecule has 0 saturated heterocycles. The number of carbonyl (C=O) groups excluding carboxylic acids is 2. The van der Waals surface area contributed by atoms with Gasteiger partial charge in [-0.25, -0.2) is 4.79 Å². The summed E-state index contributed by atoms with van der Waals surface area (Å²) in [4.78, 5) is 31.3. The predicted molar refractivity (Wildman–Crippen MR) is 115 cm³/mol. The van der Waals surface area contributed by atoms with E-state index in [9.17, 15) is 9.59 Å². The average Bonchev–Trinajstić information content (AvgIpc) is 3.23. The molecule has 4 aromatic rings. The second-order valence-corrected chi connectivity index (χ2v) is 8.16. The molecule has 0 unspecified atom stereocenters. The number of aromatic nitrogens is 2. The summed E-state index contributed by atoms with van der Waals surface area (Å²) in [7, 11) is 0. The van der Waals surface area contributed by atoms with Gasteiger partial charge in [0.15, 0.2) is 0 Å². The van der Waals surface area contributed by atoms with Crippen LogP contribution in [0.1, 0.15) is 42.5 Å². The van der Waals surface area contributed by atoms with E-state index in [-0.39, 0.29) is 5.78 Å². The fourth-order valence-corrected chi connectivity index (χ4v) is 3.33. The summed E-state index contributed by atoms with van der Waals surface area (Å²) in [6, 6.07) is 15.0. The maximum atomic E-state index is 13.0. The fraction of sp³-hybridized carbons (Fsp3) is 0.217. The largest absolute Gasteiger partial charge is 0.444 e. The quantitative estimate of drug-likeness (QED) is 0.402. The minimum atomic E-state index is -0.570. The van der Waals surface area contributed by atoms with Crippen LogP contribution < -0.4 is 5.32 Å². The molecule has 6 nitrogen and oxygen atoms in total. The molecule has 6 heteroatoms. The van der Waals surface area contributed by atoms with E-state index in [0.717, 1.165) is 27.4 Å². The van der Waals surface area contributed by atoms with E-state index in [4.69, 9.17) is 4.74 Å². The number of carbonyl (C=O) groups is 2. The Morgan fingerprint density at radius 2 is 1.66 bits per heavy atom. The highest BCUT2D eigenvalue weighted by molar-refractivity contribution is 6.11. The highest BCUT2D eigenvalue weighted by Gasteiger charge is 2.18. The van der Waals surface area contributed by atoms with Crippen LogP contribution in [0, 0.1) is 6.92 Å². The van der Waals surface area contributed by atoms with E-state index in [0.29, 0.717) is 17.1 Å². The SMILES string of the molecule is Cc1cccc2[nH]c(C(=O)c3cc4cc(NC(=O)OC(C)(C)C)ccc4[nH]3)cc12. The van der Waals surface area contributed by atoms with Crippen molar-refractivity contribution >= 4 is 39.4 Å². The van der Waals surface area contributed by atoms with Crippen LogP contribution in [0.4, 0.5) is 10.5 Å². The lowest BCUT2D eigenvalue weighted by Gasteiger charge is -2.19. The zero-order valence-electron chi connectivity index (χ0n) is 16.8. The lowest BCUT2D eigenvalue weighted by Crippen LogP contribution is -2.27. The van der Waals surface area contributed by atoms with Gasteiger partial charge in [0.1, 0.15) is 5.60 Å². The third kappa shape index (κ3) is 3.87. The molecule has 0 radical (unpaired) electrons. The first-order chi connectivity index (χ1) is 13.7. The van der Waals surface area contributed by atoms with Crippen molar-refractivity contribution in [2.45, 2.75) is 33.3 Å². The number of nitrogens with one attached hydrogen (secondary N) is 3. The number of aryl methyl sites for hydroxylation is 1. The molecule has 2 aromatic heterocycles. The molecule has 0 aliphatic heterocycles. The zero-order valence-corrected chi connectivity index (χ0v) is 16.8. The first kappa shape index (κ1) is 18.8. The molecule has 0 saturated carbocycles. The van der Waals surface area contributed by atoms with Gasteiger partial charge in [0, 0.05) is 27.5 Å². The molecule has 0 atom stereocenters. The number of ketones is 1. The van der Waals surface area contributed by atoms with E-state index in [1.165, 1.54) is 0 Å². The Hall–Kier alpha value is -3.54. The monoisotopic (exact) mass is 389 g/mol. The maximum absolute atomic E-state index is 13.0. The molecule has 0 bridgehead atoms. The van der Waals surface area contributed by atoms with Crippen molar-refractivity contribution in [1.82, 2.24) is 9.97 Å². The number of hydrogen-bond acceptors (Lipinski definition) is 3. The molecule has 0 aliphatic rings. The number of H-pyrrole nitrogens is 2. The van der Waals surface area contributed by atoms with Crippen molar-refractivity contribution in [2.75, 3.05) is 5.32 Å². The normalized spacial score (nSPS) is 11.7.